The first-order valence-electron chi connectivity index (χ1n) is 7.32. The molecule has 0 unspecified atom stereocenters. The van der Waals surface area contributed by atoms with Gasteiger partial charge in [0.1, 0.15) is 0 Å². The fraction of sp³-hybridized carbons (Fsp3) is 0.625. The first-order valence-corrected chi connectivity index (χ1v) is 8.11. The van der Waals surface area contributed by atoms with E-state index >= 15 is 0 Å². The molecule has 1 heterocycles. The van der Waals surface area contributed by atoms with E-state index in [1.54, 1.807) is 0 Å². The molecular weight excluding hydrogens is 300 g/mol. The van der Waals surface area contributed by atoms with Crippen molar-refractivity contribution >= 4 is 21.6 Å². The van der Waals surface area contributed by atoms with Crippen molar-refractivity contribution in [1.29, 1.82) is 0 Å². The van der Waals surface area contributed by atoms with Gasteiger partial charge in [-0.05, 0) is 65.4 Å². The molecule has 1 fully saturated rings. The lowest BCUT2D eigenvalue weighted by Crippen LogP contribution is -2.26. The van der Waals surface area contributed by atoms with Gasteiger partial charge in [-0.2, -0.15) is 0 Å². The van der Waals surface area contributed by atoms with E-state index in [2.05, 4.69) is 58.2 Å². The maximum Gasteiger partial charge on any atom is 0.0511 e. The van der Waals surface area contributed by atoms with E-state index in [1.807, 2.05) is 7.05 Å². The lowest BCUT2D eigenvalue weighted by Gasteiger charge is -2.27. The van der Waals surface area contributed by atoms with Crippen LogP contribution in [0.2, 0.25) is 0 Å². The van der Waals surface area contributed by atoms with Crippen LogP contribution in [0.1, 0.15) is 38.7 Å². The van der Waals surface area contributed by atoms with Gasteiger partial charge in [-0.1, -0.05) is 19.9 Å². The van der Waals surface area contributed by atoms with Gasteiger partial charge in [-0.3, -0.25) is 0 Å². The summed E-state index contributed by atoms with van der Waals surface area (Å²) in [5, 5.41) is 3.20. The Hall–Kier alpha value is -0.540. The van der Waals surface area contributed by atoms with Crippen molar-refractivity contribution in [1.82, 2.24) is 5.32 Å². The first kappa shape index (κ1) is 14.9. The van der Waals surface area contributed by atoms with Crippen molar-refractivity contribution in [2.45, 2.75) is 39.7 Å². The van der Waals surface area contributed by atoms with E-state index in [0.29, 0.717) is 5.41 Å². The highest BCUT2D eigenvalue weighted by Gasteiger charge is 2.35. The number of hydrogen-bond acceptors (Lipinski definition) is 2. The number of hydrogen-bond donors (Lipinski definition) is 1. The van der Waals surface area contributed by atoms with Crippen LogP contribution in [0.15, 0.2) is 22.7 Å². The lowest BCUT2D eigenvalue weighted by molar-refractivity contribution is 0.301. The van der Waals surface area contributed by atoms with Crippen molar-refractivity contribution in [3.8, 4) is 0 Å². The van der Waals surface area contributed by atoms with Gasteiger partial charge in [0.05, 0.1) is 5.69 Å². The Kier molecular flexibility index (Phi) is 4.91. The molecule has 0 bridgehead atoms. The van der Waals surface area contributed by atoms with Crippen LogP contribution in [-0.4, -0.2) is 20.1 Å². The first-order chi connectivity index (χ1) is 9.14. The standard InChI is InChI=1S/C16H25BrN2/c1-4-16(5-2)8-9-19(12-16)15-7-6-13(11-18-3)10-14(15)17/h6-7,10,18H,4-5,8-9,11-12H2,1-3H3. The minimum absolute atomic E-state index is 0.531. The van der Waals surface area contributed by atoms with Crippen LogP contribution in [-0.2, 0) is 6.54 Å². The van der Waals surface area contributed by atoms with Crippen LogP contribution in [0, 0.1) is 5.41 Å². The lowest BCUT2D eigenvalue weighted by atomic mass is 9.82. The van der Waals surface area contributed by atoms with E-state index in [0.717, 1.165) is 6.54 Å². The summed E-state index contributed by atoms with van der Waals surface area (Å²) in [5.41, 5.74) is 3.21. The average molecular weight is 325 g/mol. The quantitative estimate of drug-likeness (QED) is 0.873. The third-order valence-electron chi connectivity index (χ3n) is 4.67. The zero-order valence-electron chi connectivity index (χ0n) is 12.3. The molecule has 3 heteroatoms. The summed E-state index contributed by atoms with van der Waals surface area (Å²) < 4.78 is 1.23. The Balaban J connectivity index is 2.15. The van der Waals surface area contributed by atoms with Crippen LogP contribution in [0.5, 0.6) is 0 Å². The molecular formula is C16H25BrN2. The molecule has 106 valence electrons. The fourth-order valence-corrected chi connectivity index (χ4v) is 3.77. The number of anilines is 1. The Bertz CT molecular complexity index is 427. The summed E-state index contributed by atoms with van der Waals surface area (Å²) in [4.78, 5) is 2.54. The Morgan fingerprint density at radius 1 is 1.32 bits per heavy atom. The van der Waals surface area contributed by atoms with E-state index in [4.69, 9.17) is 0 Å². The molecule has 1 aromatic rings. The van der Waals surface area contributed by atoms with Gasteiger partial charge in [0.2, 0.25) is 0 Å². The smallest absolute Gasteiger partial charge is 0.0511 e. The molecule has 2 nitrogen and oxygen atoms in total. The van der Waals surface area contributed by atoms with Crippen molar-refractivity contribution in [2.24, 2.45) is 5.41 Å². The molecule has 0 atom stereocenters. The number of halogens is 1. The normalized spacial score (nSPS) is 18.0. The maximum absolute atomic E-state index is 3.74. The zero-order valence-corrected chi connectivity index (χ0v) is 13.9. The number of benzene rings is 1. The van der Waals surface area contributed by atoms with E-state index in [1.165, 1.54) is 48.1 Å². The molecule has 0 saturated carbocycles. The second-order valence-electron chi connectivity index (χ2n) is 5.69. The molecule has 19 heavy (non-hydrogen) atoms. The van der Waals surface area contributed by atoms with Gasteiger partial charge >= 0.3 is 0 Å². The second-order valence-corrected chi connectivity index (χ2v) is 6.55. The topological polar surface area (TPSA) is 15.3 Å². The highest BCUT2D eigenvalue weighted by Crippen LogP contribution is 2.41. The molecule has 0 amide bonds. The minimum Gasteiger partial charge on any atom is -0.370 e. The van der Waals surface area contributed by atoms with Crippen molar-refractivity contribution in [2.75, 3.05) is 25.0 Å². The zero-order chi connectivity index (χ0) is 13.9. The molecule has 0 spiro atoms. The summed E-state index contributed by atoms with van der Waals surface area (Å²) in [6.07, 6.45) is 3.90. The average Bonchev–Trinajstić information content (AvgIpc) is 2.84. The van der Waals surface area contributed by atoms with Crippen LogP contribution >= 0.6 is 15.9 Å². The molecule has 1 aliphatic rings. The number of nitrogens with zero attached hydrogens (tertiary/aromatic N) is 1. The van der Waals surface area contributed by atoms with Gasteiger partial charge in [0.25, 0.3) is 0 Å². The third-order valence-corrected chi connectivity index (χ3v) is 5.31. The molecule has 0 radical (unpaired) electrons. The Morgan fingerprint density at radius 2 is 2.05 bits per heavy atom. The van der Waals surface area contributed by atoms with E-state index in [-0.39, 0.29) is 0 Å². The summed E-state index contributed by atoms with van der Waals surface area (Å²) in [7, 11) is 1.99. The van der Waals surface area contributed by atoms with Crippen LogP contribution < -0.4 is 10.2 Å². The van der Waals surface area contributed by atoms with E-state index in [9.17, 15) is 0 Å². The van der Waals surface area contributed by atoms with Crippen LogP contribution in [0.3, 0.4) is 0 Å². The largest absolute Gasteiger partial charge is 0.370 e. The highest BCUT2D eigenvalue weighted by atomic mass is 79.9. The predicted octanol–water partition coefficient (Wildman–Crippen LogP) is 4.19. The predicted molar refractivity (Wildman–Crippen MR) is 86.8 cm³/mol. The summed E-state index contributed by atoms with van der Waals surface area (Å²) >= 11 is 3.74. The molecule has 2 rings (SSSR count). The van der Waals surface area contributed by atoms with Gasteiger partial charge < -0.3 is 10.2 Å². The summed E-state index contributed by atoms with van der Waals surface area (Å²) in [6, 6.07) is 6.73. The number of nitrogens with one attached hydrogen (secondary N) is 1. The van der Waals surface area contributed by atoms with Gasteiger partial charge in [0.15, 0.2) is 0 Å². The minimum atomic E-state index is 0.531. The van der Waals surface area contributed by atoms with Crippen molar-refractivity contribution in [3.63, 3.8) is 0 Å². The molecule has 0 aromatic heterocycles. The fourth-order valence-electron chi connectivity index (χ4n) is 3.09. The third kappa shape index (κ3) is 3.14. The molecule has 1 aromatic carbocycles. The van der Waals surface area contributed by atoms with Crippen LogP contribution in [0.4, 0.5) is 5.69 Å². The second kappa shape index (κ2) is 6.27. The molecule has 1 saturated heterocycles. The van der Waals surface area contributed by atoms with E-state index < -0.39 is 0 Å². The Labute approximate surface area is 125 Å². The van der Waals surface area contributed by atoms with Crippen LogP contribution in [0.25, 0.3) is 0 Å². The highest BCUT2D eigenvalue weighted by molar-refractivity contribution is 9.10. The maximum atomic E-state index is 3.74. The van der Waals surface area contributed by atoms with Crippen molar-refractivity contribution < 1.29 is 0 Å². The van der Waals surface area contributed by atoms with Gasteiger partial charge in [-0.25, -0.2) is 0 Å². The van der Waals surface area contributed by atoms with Crippen molar-refractivity contribution in [3.05, 3.63) is 28.2 Å². The molecule has 1 aliphatic heterocycles. The Morgan fingerprint density at radius 3 is 2.58 bits per heavy atom. The van der Waals surface area contributed by atoms with Gasteiger partial charge in [-0.15, -0.1) is 0 Å². The molecule has 0 aliphatic carbocycles. The van der Waals surface area contributed by atoms with Gasteiger partial charge in [0, 0.05) is 24.1 Å². The summed E-state index contributed by atoms with van der Waals surface area (Å²) in [5.74, 6) is 0. The molecule has 1 N–H and O–H groups in total. The summed E-state index contributed by atoms with van der Waals surface area (Å²) in [6.45, 7) is 7.97. The number of rotatable bonds is 5. The monoisotopic (exact) mass is 324 g/mol. The SMILES string of the molecule is CCC1(CC)CCN(c2ccc(CNC)cc2Br)C1.